The van der Waals surface area contributed by atoms with Crippen LogP contribution in [0.2, 0.25) is 0 Å². The van der Waals surface area contributed by atoms with Gasteiger partial charge in [0.15, 0.2) is 0 Å². The molecule has 0 unspecified atom stereocenters. The Morgan fingerprint density at radius 2 is 2.33 bits per heavy atom. The lowest BCUT2D eigenvalue weighted by Gasteiger charge is -1.94. The predicted molar refractivity (Wildman–Crippen MR) is 50.1 cm³/mol. The van der Waals surface area contributed by atoms with Crippen molar-refractivity contribution in [2.24, 2.45) is 0 Å². The highest BCUT2D eigenvalue weighted by molar-refractivity contribution is 7.13. The number of hydrogen-bond donors (Lipinski definition) is 0. The molecule has 0 aliphatic carbocycles. The second kappa shape index (κ2) is 3.03. The first-order valence-corrected chi connectivity index (χ1v) is 4.57. The number of rotatable bonds is 1. The Bertz CT molecular complexity index is 368. The van der Waals surface area contributed by atoms with E-state index in [0.29, 0.717) is 0 Å². The lowest BCUT2D eigenvalue weighted by Crippen LogP contribution is -1.85. The third kappa shape index (κ3) is 1.36. The molecule has 0 saturated heterocycles. The third-order valence-corrected chi connectivity index (χ3v) is 2.46. The molecular formula is C9H8N2S. The average molecular weight is 176 g/mol. The Hall–Kier alpha value is -1.22. The van der Waals surface area contributed by atoms with Gasteiger partial charge < -0.3 is 0 Å². The number of aryl methyl sites for hydroxylation is 1. The fourth-order valence-corrected chi connectivity index (χ4v) is 1.69. The van der Waals surface area contributed by atoms with E-state index in [9.17, 15) is 0 Å². The molecule has 0 spiro atoms. The van der Waals surface area contributed by atoms with Crippen LogP contribution in [0.4, 0.5) is 0 Å². The van der Waals surface area contributed by atoms with E-state index in [-0.39, 0.29) is 0 Å². The van der Waals surface area contributed by atoms with Gasteiger partial charge in [-0.2, -0.15) is 5.10 Å². The van der Waals surface area contributed by atoms with Crippen molar-refractivity contribution in [3.8, 4) is 10.6 Å². The lowest BCUT2D eigenvalue weighted by atomic mass is 10.2. The molecule has 2 aromatic heterocycles. The summed E-state index contributed by atoms with van der Waals surface area (Å²) in [5.74, 6) is 0. The Morgan fingerprint density at radius 1 is 1.42 bits per heavy atom. The third-order valence-electron chi connectivity index (χ3n) is 1.56. The van der Waals surface area contributed by atoms with Gasteiger partial charge in [0.2, 0.25) is 0 Å². The van der Waals surface area contributed by atoms with Crippen LogP contribution >= 0.6 is 11.3 Å². The predicted octanol–water partition coefficient (Wildman–Crippen LogP) is 2.51. The van der Waals surface area contributed by atoms with Crippen molar-refractivity contribution < 1.29 is 0 Å². The van der Waals surface area contributed by atoms with E-state index >= 15 is 0 Å². The average Bonchev–Trinajstić information content (AvgIpc) is 2.56. The largest absolute Gasteiger partial charge is 0.158 e. The van der Waals surface area contributed by atoms with Gasteiger partial charge in [-0.3, -0.25) is 0 Å². The van der Waals surface area contributed by atoms with Crippen molar-refractivity contribution >= 4 is 11.3 Å². The molecule has 2 heterocycles. The summed E-state index contributed by atoms with van der Waals surface area (Å²) in [7, 11) is 0. The van der Waals surface area contributed by atoms with Crippen molar-refractivity contribution in [2.45, 2.75) is 6.92 Å². The number of hydrogen-bond acceptors (Lipinski definition) is 3. The van der Waals surface area contributed by atoms with Gasteiger partial charge in [0.25, 0.3) is 0 Å². The van der Waals surface area contributed by atoms with Crippen LogP contribution in [0.25, 0.3) is 10.6 Å². The lowest BCUT2D eigenvalue weighted by molar-refractivity contribution is 1.02. The van der Waals surface area contributed by atoms with E-state index in [2.05, 4.69) is 10.2 Å². The van der Waals surface area contributed by atoms with E-state index in [1.165, 1.54) is 4.88 Å². The summed E-state index contributed by atoms with van der Waals surface area (Å²) in [4.78, 5) is 1.17. The summed E-state index contributed by atoms with van der Waals surface area (Å²) < 4.78 is 0. The van der Waals surface area contributed by atoms with Crippen LogP contribution in [-0.2, 0) is 0 Å². The zero-order valence-corrected chi connectivity index (χ0v) is 7.51. The Kier molecular flexibility index (Phi) is 1.87. The van der Waals surface area contributed by atoms with Crippen LogP contribution in [0.15, 0.2) is 29.8 Å². The van der Waals surface area contributed by atoms with Crippen LogP contribution in [0.3, 0.4) is 0 Å². The van der Waals surface area contributed by atoms with E-state index in [1.807, 2.05) is 30.5 Å². The molecule has 0 bridgehead atoms. The summed E-state index contributed by atoms with van der Waals surface area (Å²) in [6.07, 6.45) is 1.76. The van der Waals surface area contributed by atoms with E-state index in [0.717, 1.165) is 11.3 Å². The summed E-state index contributed by atoms with van der Waals surface area (Å²) in [5.41, 5.74) is 2.11. The van der Waals surface area contributed by atoms with Crippen molar-refractivity contribution in [1.82, 2.24) is 10.2 Å². The maximum atomic E-state index is 4.04. The van der Waals surface area contributed by atoms with Gasteiger partial charge in [-0.1, -0.05) is 6.07 Å². The molecular weight excluding hydrogens is 168 g/mol. The quantitative estimate of drug-likeness (QED) is 0.667. The molecule has 12 heavy (non-hydrogen) atoms. The van der Waals surface area contributed by atoms with Crippen molar-refractivity contribution in [3.05, 3.63) is 35.3 Å². The molecule has 0 amide bonds. The molecule has 2 rings (SSSR count). The smallest absolute Gasteiger partial charge is 0.103 e. The van der Waals surface area contributed by atoms with E-state index in [1.54, 1.807) is 17.5 Å². The Morgan fingerprint density at radius 3 is 3.00 bits per heavy atom. The van der Waals surface area contributed by atoms with E-state index < -0.39 is 0 Å². The van der Waals surface area contributed by atoms with Crippen molar-refractivity contribution in [1.29, 1.82) is 0 Å². The fraction of sp³-hybridized carbons (Fsp3) is 0.111. The van der Waals surface area contributed by atoms with Gasteiger partial charge in [-0.25, -0.2) is 0 Å². The van der Waals surface area contributed by atoms with Crippen LogP contribution in [0, 0.1) is 6.92 Å². The van der Waals surface area contributed by atoms with Crippen LogP contribution in [0.1, 0.15) is 5.56 Å². The van der Waals surface area contributed by atoms with Gasteiger partial charge >= 0.3 is 0 Å². The highest BCUT2D eigenvalue weighted by Crippen LogP contribution is 2.21. The summed E-state index contributed by atoms with van der Waals surface area (Å²) in [6, 6.07) is 6.11. The molecule has 0 N–H and O–H groups in total. The molecule has 0 fully saturated rings. The molecule has 0 atom stereocenters. The zero-order valence-electron chi connectivity index (χ0n) is 6.69. The standard InChI is InChI=1S/C9H8N2S/c1-7-5-8(11-10-6-7)9-3-2-4-12-9/h2-6H,1H3. The molecule has 0 saturated carbocycles. The summed E-state index contributed by atoms with van der Waals surface area (Å²) in [5, 5.41) is 9.98. The zero-order chi connectivity index (χ0) is 8.39. The molecule has 2 aromatic rings. The van der Waals surface area contributed by atoms with Gasteiger partial charge in [0.05, 0.1) is 11.1 Å². The molecule has 2 nitrogen and oxygen atoms in total. The number of thiophene rings is 1. The first-order valence-electron chi connectivity index (χ1n) is 3.69. The number of aromatic nitrogens is 2. The topological polar surface area (TPSA) is 25.8 Å². The normalized spacial score (nSPS) is 10.1. The summed E-state index contributed by atoms with van der Waals surface area (Å²) >= 11 is 1.68. The first kappa shape index (κ1) is 7.43. The molecule has 60 valence electrons. The maximum absolute atomic E-state index is 4.04. The highest BCUT2D eigenvalue weighted by atomic mass is 32.1. The second-order valence-corrected chi connectivity index (χ2v) is 3.54. The van der Waals surface area contributed by atoms with Crippen molar-refractivity contribution in [2.75, 3.05) is 0 Å². The molecule has 0 aliphatic heterocycles. The van der Waals surface area contributed by atoms with Crippen molar-refractivity contribution in [3.63, 3.8) is 0 Å². The Labute approximate surface area is 74.9 Å². The number of nitrogens with zero attached hydrogens (tertiary/aromatic N) is 2. The van der Waals surface area contributed by atoms with Gasteiger partial charge in [0.1, 0.15) is 5.69 Å². The highest BCUT2D eigenvalue weighted by Gasteiger charge is 1.99. The molecule has 0 aliphatic rings. The van der Waals surface area contributed by atoms with Crippen LogP contribution < -0.4 is 0 Å². The maximum Gasteiger partial charge on any atom is 0.103 e. The monoisotopic (exact) mass is 176 g/mol. The molecule has 0 radical (unpaired) electrons. The van der Waals surface area contributed by atoms with Crippen LogP contribution in [-0.4, -0.2) is 10.2 Å². The Balaban J connectivity index is 2.48. The SMILES string of the molecule is Cc1cnnc(-c2cccs2)c1. The van der Waals surface area contributed by atoms with Gasteiger partial charge in [-0.15, -0.1) is 16.4 Å². The van der Waals surface area contributed by atoms with Gasteiger partial charge in [-0.05, 0) is 30.0 Å². The minimum absolute atomic E-state index is 0.963. The summed E-state index contributed by atoms with van der Waals surface area (Å²) in [6.45, 7) is 2.02. The molecule has 0 aromatic carbocycles. The second-order valence-electron chi connectivity index (χ2n) is 2.60. The first-order chi connectivity index (χ1) is 5.86. The van der Waals surface area contributed by atoms with E-state index in [4.69, 9.17) is 0 Å². The minimum atomic E-state index is 0.963. The fourth-order valence-electron chi connectivity index (χ4n) is 1.01. The van der Waals surface area contributed by atoms with Gasteiger partial charge in [0, 0.05) is 0 Å². The van der Waals surface area contributed by atoms with Crippen LogP contribution in [0.5, 0.6) is 0 Å². The minimum Gasteiger partial charge on any atom is -0.158 e. The molecule has 3 heteroatoms.